The van der Waals surface area contributed by atoms with Gasteiger partial charge in [-0.1, -0.05) is 11.2 Å². The van der Waals surface area contributed by atoms with Gasteiger partial charge in [-0.2, -0.15) is 0 Å². The minimum atomic E-state index is -0.590. The van der Waals surface area contributed by atoms with Crippen LogP contribution in [0.15, 0.2) is 29.4 Å². The molecule has 10 nitrogen and oxygen atoms in total. The second kappa shape index (κ2) is 10.2. The maximum absolute atomic E-state index is 13.6. The number of halogens is 1. The van der Waals surface area contributed by atoms with E-state index in [-0.39, 0.29) is 30.5 Å². The van der Waals surface area contributed by atoms with Crippen molar-refractivity contribution in [3.63, 3.8) is 0 Å². The normalized spacial score (nSPS) is 22.4. The van der Waals surface area contributed by atoms with Gasteiger partial charge in [0.15, 0.2) is 24.0 Å². The second-order valence-electron chi connectivity index (χ2n) is 7.81. The van der Waals surface area contributed by atoms with E-state index in [1.165, 1.54) is 19.2 Å². The van der Waals surface area contributed by atoms with Crippen molar-refractivity contribution in [2.45, 2.75) is 32.3 Å². The van der Waals surface area contributed by atoms with Gasteiger partial charge in [-0.3, -0.25) is 4.79 Å². The van der Waals surface area contributed by atoms with Crippen molar-refractivity contribution in [3.05, 3.63) is 52.9 Å². The van der Waals surface area contributed by atoms with Gasteiger partial charge in [0.1, 0.15) is 17.2 Å². The minimum absolute atomic E-state index is 0.000247. The summed E-state index contributed by atoms with van der Waals surface area (Å²) >= 11 is 0. The second-order valence-corrected chi connectivity index (χ2v) is 7.81. The van der Waals surface area contributed by atoms with E-state index in [2.05, 4.69) is 20.4 Å². The SMILES string of the molecule is COc1cc(CNC(=O)c2cc(C3=NO[C@H]([C@H]4OC[C@H](CO)CO4)C3)nc(C)n2)ccc1F. The molecule has 0 radical (unpaired) electrons. The lowest BCUT2D eigenvalue weighted by Gasteiger charge is -2.30. The Balaban J connectivity index is 1.39. The van der Waals surface area contributed by atoms with E-state index in [1.807, 2.05) is 0 Å². The van der Waals surface area contributed by atoms with Gasteiger partial charge in [-0.25, -0.2) is 14.4 Å². The molecule has 2 N–H and O–H groups in total. The highest BCUT2D eigenvalue weighted by atomic mass is 19.1. The zero-order chi connectivity index (χ0) is 23.4. The van der Waals surface area contributed by atoms with Crippen LogP contribution in [0, 0.1) is 18.7 Å². The number of carbonyl (C=O) groups excluding carboxylic acids is 1. The van der Waals surface area contributed by atoms with Crippen LogP contribution in [0.2, 0.25) is 0 Å². The lowest BCUT2D eigenvalue weighted by Crippen LogP contribution is -2.41. The van der Waals surface area contributed by atoms with E-state index in [0.29, 0.717) is 42.4 Å². The Hall–Kier alpha value is -3.15. The average Bonchev–Trinajstić information content (AvgIpc) is 3.33. The first-order chi connectivity index (χ1) is 16.0. The van der Waals surface area contributed by atoms with Crippen LogP contribution < -0.4 is 10.1 Å². The molecule has 1 aromatic carbocycles. The molecule has 1 atom stereocenters. The lowest BCUT2D eigenvalue weighted by atomic mass is 10.1. The summed E-state index contributed by atoms with van der Waals surface area (Å²) in [5, 5.41) is 16.0. The summed E-state index contributed by atoms with van der Waals surface area (Å²) in [7, 11) is 1.38. The molecular weight excluding hydrogens is 435 g/mol. The smallest absolute Gasteiger partial charge is 0.270 e. The van der Waals surface area contributed by atoms with Gasteiger partial charge < -0.3 is 29.5 Å². The Morgan fingerprint density at radius 2 is 2.06 bits per heavy atom. The number of hydrogen-bond donors (Lipinski definition) is 2. The summed E-state index contributed by atoms with van der Waals surface area (Å²) in [6.07, 6.45) is -0.644. The number of aliphatic hydroxyl groups excluding tert-OH is 1. The predicted octanol–water partition coefficient (Wildman–Crippen LogP) is 1.34. The third-order valence-electron chi connectivity index (χ3n) is 5.28. The number of carbonyl (C=O) groups is 1. The third-order valence-corrected chi connectivity index (χ3v) is 5.28. The van der Waals surface area contributed by atoms with E-state index in [1.54, 1.807) is 19.1 Å². The molecule has 0 unspecified atom stereocenters. The van der Waals surface area contributed by atoms with Gasteiger partial charge in [0.05, 0.1) is 32.6 Å². The van der Waals surface area contributed by atoms with Gasteiger partial charge in [0.2, 0.25) is 0 Å². The molecule has 4 rings (SSSR count). The third kappa shape index (κ3) is 5.44. The van der Waals surface area contributed by atoms with Crippen molar-refractivity contribution in [3.8, 4) is 5.75 Å². The highest BCUT2D eigenvalue weighted by molar-refractivity contribution is 6.01. The van der Waals surface area contributed by atoms with Gasteiger partial charge in [0.25, 0.3) is 5.91 Å². The summed E-state index contributed by atoms with van der Waals surface area (Å²) in [4.78, 5) is 26.8. The van der Waals surface area contributed by atoms with E-state index in [9.17, 15) is 14.3 Å². The van der Waals surface area contributed by atoms with Gasteiger partial charge in [-0.15, -0.1) is 0 Å². The van der Waals surface area contributed by atoms with E-state index < -0.39 is 24.1 Å². The number of hydrogen-bond acceptors (Lipinski definition) is 9. The Morgan fingerprint density at radius 1 is 1.27 bits per heavy atom. The van der Waals surface area contributed by atoms with Crippen LogP contribution in [-0.2, 0) is 20.9 Å². The summed E-state index contributed by atoms with van der Waals surface area (Å²) < 4.78 is 29.8. The highest BCUT2D eigenvalue weighted by Crippen LogP contribution is 2.24. The standard InChI is InChI=1S/C22H25FN4O6/c1-12-25-16(17-7-20(33-27-17)22-31-10-14(9-28)11-32-22)6-18(26-12)21(29)24-8-13-3-4-15(23)19(5-13)30-2/h3-6,14,20,22,28H,7-11H2,1-2H3,(H,24,29)/t14-,20-,22-/m0/s1. The van der Waals surface area contributed by atoms with Crippen LogP contribution in [-0.4, -0.2) is 66.0 Å². The van der Waals surface area contributed by atoms with Crippen LogP contribution in [0.3, 0.4) is 0 Å². The Kier molecular flexibility index (Phi) is 7.11. The van der Waals surface area contributed by atoms with Gasteiger partial charge >= 0.3 is 0 Å². The first-order valence-electron chi connectivity index (χ1n) is 10.5. The fourth-order valence-corrected chi connectivity index (χ4v) is 3.49. The quantitative estimate of drug-likeness (QED) is 0.634. The highest BCUT2D eigenvalue weighted by Gasteiger charge is 2.35. The predicted molar refractivity (Wildman–Crippen MR) is 113 cm³/mol. The number of methoxy groups -OCH3 is 1. The average molecular weight is 460 g/mol. The molecule has 0 spiro atoms. The topological polar surface area (TPSA) is 124 Å². The number of benzene rings is 1. The summed E-state index contributed by atoms with van der Waals surface area (Å²) in [5.74, 6) is -0.421. The molecule has 0 saturated carbocycles. The molecule has 1 aromatic heterocycles. The number of nitrogens with one attached hydrogen (secondary N) is 1. The van der Waals surface area contributed by atoms with Crippen molar-refractivity contribution < 1.29 is 33.3 Å². The molecule has 0 bridgehead atoms. The molecule has 0 aliphatic carbocycles. The monoisotopic (exact) mass is 460 g/mol. The van der Waals surface area contributed by atoms with Crippen LogP contribution >= 0.6 is 0 Å². The molecular formula is C22H25FN4O6. The molecule has 1 fully saturated rings. The van der Waals surface area contributed by atoms with Crippen molar-refractivity contribution in [2.75, 3.05) is 26.9 Å². The molecule has 2 aromatic rings. The van der Waals surface area contributed by atoms with Crippen LogP contribution in [0.5, 0.6) is 5.75 Å². The molecule has 1 amide bonds. The molecule has 2 aliphatic rings. The zero-order valence-corrected chi connectivity index (χ0v) is 18.3. The summed E-state index contributed by atoms with van der Waals surface area (Å²) in [5.41, 5.74) is 1.88. The number of aromatic nitrogens is 2. The maximum atomic E-state index is 13.6. The van der Waals surface area contributed by atoms with E-state index in [4.69, 9.17) is 19.0 Å². The zero-order valence-electron chi connectivity index (χ0n) is 18.3. The summed E-state index contributed by atoms with van der Waals surface area (Å²) in [6, 6.07) is 5.92. The number of amides is 1. The number of rotatable bonds is 7. The molecule has 11 heteroatoms. The van der Waals surface area contributed by atoms with Crippen molar-refractivity contribution in [1.82, 2.24) is 15.3 Å². The molecule has 176 valence electrons. The van der Waals surface area contributed by atoms with Crippen LogP contribution in [0.25, 0.3) is 0 Å². The minimum Gasteiger partial charge on any atom is -0.494 e. The fourth-order valence-electron chi connectivity index (χ4n) is 3.49. The first kappa shape index (κ1) is 23.0. The van der Waals surface area contributed by atoms with Gasteiger partial charge in [-0.05, 0) is 30.7 Å². The molecule has 33 heavy (non-hydrogen) atoms. The molecule has 2 aliphatic heterocycles. The Labute approximate surface area is 189 Å². The summed E-state index contributed by atoms with van der Waals surface area (Å²) in [6.45, 7) is 2.62. The number of nitrogens with zero attached hydrogens (tertiary/aromatic N) is 3. The van der Waals surface area contributed by atoms with E-state index >= 15 is 0 Å². The number of oxime groups is 1. The lowest BCUT2D eigenvalue weighted by molar-refractivity contribution is -0.246. The van der Waals surface area contributed by atoms with E-state index in [0.717, 1.165) is 0 Å². The molecule has 3 heterocycles. The fraction of sp³-hybridized carbons (Fsp3) is 0.455. The number of aryl methyl sites for hydroxylation is 1. The van der Waals surface area contributed by atoms with Crippen LogP contribution in [0.4, 0.5) is 4.39 Å². The van der Waals surface area contributed by atoms with Crippen LogP contribution in [0.1, 0.15) is 34.0 Å². The van der Waals surface area contributed by atoms with Crippen molar-refractivity contribution >= 4 is 11.6 Å². The Bertz CT molecular complexity index is 1040. The number of ether oxygens (including phenoxy) is 3. The molecule has 1 saturated heterocycles. The first-order valence-corrected chi connectivity index (χ1v) is 10.5. The van der Waals surface area contributed by atoms with Gasteiger partial charge in [0, 0.05) is 18.9 Å². The maximum Gasteiger partial charge on any atom is 0.270 e. The Morgan fingerprint density at radius 3 is 2.79 bits per heavy atom. The number of aliphatic hydroxyl groups is 1. The van der Waals surface area contributed by atoms with Crippen molar-refractivity contribution in [2.24, 2.45) is 11.1 Å². The van der Waals surface area contributed by atoms with Crippen molar-refractivity contribution in [1.29, 1.82) is 0 Å². The largest absolute Gasteiger partial charge is 0.494 e.